The highest BCUT2D eigenvalue weighted by atomic mass is 19.4. The van der Waals surface area contributed by atoms with Crippen molar-refractivity contribution in [2.75, 3.05) is 0 Å². The molecule has 0 fully saturated rings. The third-order valence-electron chi connectivity index (χ3n) is 5.76. The number of benzene rings is 2. The second-order valence-electron chi connectivity index (χ2n) is 8.34. The van der Waals surface area contributed by atoms with Crippen molar-refractivity contribution in [2.45, 2.75) is 52.6 Å². The average molecular weight is 433 g/mol. The molecule has 1 heterocycles. The van der Waals surface area contributed by atoms with Gasteiger partial charge in [-0.25, -0.2) is 4.39 Å². The van der Waals surface area contributed by atoms with Gasteiger partial charge in [0, 0.05) is 37.6 Å². The molecule has 6 heteroatoms. The number of alkyl halides is 3. The van der Waals surface area contributed by atoms with Gasteiger partial charge in [-0.2, -0.15) is 13.2 Å². The maximum absolute atomic E-state index is 13.3. The van der Waals surface area contributed by atoms with Gasteiger partial charge in [-0.1, -0.05) is 38.1 Å². The first-order chi connectivity index (χ1) is 14.6. The molecule has 0 aliphatic heterocycles. The molecule has 2 aromatic carbocycles. The molecule has 0 spiro atoms. The Morgan fingerprint density at radius 3 is 2.03 bits per heavy atom. The lowest BCUT2D eigenvalue weighted by atomic mass is 10.0. The topological polar surface area (TPSA) is 8.17 Å². The molecule has 0 bridgehead atoms. The molecule has 0 saturated carbocycles. The summed E-state index contributed by atoms with van der Waals surface area (Å²) in [7, 11) is 0. The Hall–Kier alpha value is -2.60. The van der Waals surface area contributed by atoms with Gasteiger partial charge in [0.2, 0.25) is 0 Å². The third kappa shape index (κ3) is 6.20. The fourth-order valence-electron chi connectivity index (χ4n) is 3.54. The van der Waals surface area contributed by atoms with Crippen LogP contribution in [-0.4, -0.2) is 15.5 Å². The average Bonchev–Trinajstić information content (AvgIpc) is 3.14. The zero-order valence-corrected chi connectivity index (χ0v) is 18.0. The van der Waals surface area contributed by atoms with E-state index in [1.165, 1.54) is 24.3 Å². The zero-order valence-electron chi connectivity index (χ0n) is 18.0. The van der Waals surface area contributed by atoms with Gasteiger partial charge in [0.1, 0.15) is 5.82 Å². The zero-order chi connectivity index (χ0) is 22.6. The Bertz CT molecular complexity index is 956. The van der Waals surface area contributed by atoms with Crippen LogP contribution in [0.3, 0.4) is 0 Å². The minimum absolute atomic E-state index is 0.252. The van der Waals surface area contributed by atoms with Crippen LogP contribution < -0.4 is 0 Å². The fraction of sp³-hybridized carbons (Fsp3) is 0.360. The number of nitrogens with zero attached hydrogens (tertiary/aromatic N) is 2. The van der Waals surface area contributed by atoms with Crippen molar-refractivity contribution in [2.24, 2.45) is 5.92 Å². The van der Waals surface area contributed by atoms with E-state index in [1.807, 2.05) is 18.3 Å². The van der Waals surface area contributed by atoms with Crippen LogP contribution in [0.15, 0.2) is 66.9 Å². The Morgan fingerprint density at radius 1 is 0.839 bits per heavy atom. The summed E-state index contributed by atoms with van der Waals surface area (Å²) in [5.74, 6) is 0.177. The van der Waals surface area contributed by atoms with Crippen LogP contribution in [0.25, 0.3) is 0 Å². The van der Waals surface area contributed by atoms with Crippen LogP contribution in [0, 0.1) is 11.7 Å². The van der Waals surface area contributed by atoms with Gasteiger partial charge in [0.05, 0.1) is 5.56 Å². The Labute approximate surface area is 181 Å². The summed E-state index contributed by atoms with van der Waals surface area (Å²) in [5.41, 5.74) is 2.29. The van der Waals surface area contributed by atoms with Gasteiger partial charge in [0.25, 0.3) is 0 Å². The predicted molar refractivity (Wildman–Crippen MR) is 115 cm³/mol. The Kier molecular flexibility index (Phi) is 7.21. The van der Waals surface area contributed by atoms with E-state index < -0.39 is 11.7 Å². The molecule has 3 rings (SSSR count). The minimum Gasteiger partial charge on any atom is -0.346 e. The van der Waals surface area contributed by atoms with Gasteiger partial charge >= 0.3 is 6.18 Å². The van der Waals surface area contributed by atoms with Crippen molar-refractivity contribution in [1.29, 1.82) is 0 Å². The van der Waals surface area contributed by atoms with Gasteiger partial charge in [-0.3, -0.25) is 4.90 Å². The largest absolute Gasteiger partial charge is 0.416 e. The van der Waals surface area contributed by atoms with Crippen molar-refractivity contribution in [3.05, 3.63) is 95.1 Å². The molecule has 1 atom stereocenters. The second-order valence-corrected chi connectivity index (χ2v) is 8.34. The molecule has 0 radical (unpaired) electrons. The van der Waals surface area contributed by atoms with Crippen molar-refractivity contribution in [3.63, 3.8) is 0 Å². The lowest BCUT2D eigenvalue weighted by molar-refractivity contribution is -0.137. The Morgan fingerprint density at radius 2 is 1.45 bits per heavy atom. The second kappa shape index (κ2) is 9.69. The maximum atomic E-state index is 13.3. The normalized spacial score (nSPS) is 13.2. The number of hydrogen-bond donors (Lipinski definition) is 0. The van der Waals surface area contributed by atoms with Crippen molar-refractivity contribution >= 4 is 0 Å². The molecule has 0 unspecified atom stereocenters. The lowest BCUT2D eigenvalue weighted by Crippen LogP contribution is -2.36. The molecule has 3 aromatic rings. The quantitative estimate of drug-likeness (QED) is 0.358. The van der Waals surface area contributed by atoms with Crippen LogP contribution in [0.5, 0.6) is 0 Å². The summed E-state index contributed by atoms with van der Waals surface area (Å²) in [6.45, 7) is 8.39. The van der Waals surface area contributed by atoms with Crippen molar-refractivity contribution in [1.82, 2.24) is 9.47 Å². The van der Waals surface area contributed by atoms with Crippen LogP contribution in [0.2, 0.25) is 0 Å². The van der Waals surface area contributed by atoms with E-state index in [-0.39, 0.29) is 5.82 Å². The first-order valence-corrected chi connectivity index (χ1v) is 10.4. The van der Waals surface area contributed by atoms with E-state index in [0.717, 1.165) is 29.0 Å². The summed E-state index contributed by atoms with van der Waals surface area (Å²) >= 11 is 0. The number of aromatic nitrogens is 1. The monoisotopic (exact) mass is 432 g/mol. The minimum atomic E-state index is -4.33. The van der Waals surface area contributed by atoms with E-state index in [4.69, 9.17) is 0 Å². The van der Waals surface area contributed by atoms with E-state index in [0.29, 0.717) is 31.6 Å². The van der Waals surface area contributed by atoms with Crippen molar-refractivity contribution < 1.29 is 17.6 Å². The molecule has 0 aliphatic carbocycles. The first-order valence-electron chi connectivity index (χ1n) is 10.4. The summed E-state index contributed by atoms with van der Waals surface area (Å²) in [5, 5.41) is 0. The molecule has 0 amide bonds. The molecular weight excluding hydrogens is 404 g/mol. The number of rotatable bonds is 8. The van der Waals surface area contributed by atoms with Gasteiger partial charge in [-0.05, 0) is 60.4 Å². The van der Waals surface area contributed by atoms with Crippen LogP contribution in [-0.2, 0) is 25.8 Å². The first kappa shape index (κ1) is 23.1. The third-order valence-corrected chi connectivity index (χ3v) is 5.76. The molecule has 0 aliphatic rings. The molecule has 31 heavy (non-hydrogen) atoms. The highest BCUT2D eigenvalue weighted by molar-refractivity contribution is 5.25. The fourth-order valence-corrected chi connectivity index (χ4v) is 3.54. The summed E-state index contributed by atoms with van der Waals surface area (Å²) in [4.78, 5) is 2.34. The summed E-state index contributed by atoms with van der Waals surface area (Å²) < 4.78 is 53.8. The van der Waals surface area contributed by atoms with E-state index >= 15 is 0 Å². The predicted octanol–water partition coefficient (Wildman–Crippen LogP) is 6.74. The van der Waals surface area contributed by atoms with Gasteiger partial charge < -0.3 is 4.57 Å². The maximum Gasteiger partial charge on any atom is 0.416 e. The molecule has 0 N–H and O–H groups in total. The van der Waals surface area contributed by atoms with E-state index in [9.17, 15) is 17.6 Å². The molecule has 1 aromatic heterocycles. The molecule has 2 nitrogen and oxygen atoms in total. The highest BCUT2D eigenvalue weighted by Gasteiger charge is 2.30. The molecule has 166 valence electrons. The van der Waals surface area contributed by atoms with Gasteiger partial charge in [0.15, 0.2) is 0 Å². The van der Waals surface area contributed by atoms with Crippen LogP contribution >= 0.6 is 0 Å². The Balaban J connectivity index is 1.76. The van der Waals surface area contributed by atoms with E-state index in [2.05, 4.69) is 30.2 Å². The van der Waals surface area contributed by atoms with E-state index in [1.54, 1.807) is 12.1 Å². The molecular formula is C25H28F4N2. The van der Waals surface area contributed by atoms with Crippen LogP contribution in [0.4, 0.5) is 17.6 Å². The highest BCUT2D eigenvalue weighted by Crippen LogP contribution is 2.29. The standard InChI is InChI=1S/C25H28F4N2/c1-18(2)19(3)31(16-21-8-12-23(26)13-9-21)17-24-5-4-14-30(24)15-20-6-10-22(11-7-20)25(27,28)29/h4-14,18-19H,15-17H2,1-3H3/t19-/m1/s1. The van der Waals surface area contributed by atoms with Crippen LogP contribution in [0.1, 0.15) is 43.2 Å². The SMILES string of the molecule is CC(C)[C@@H](C)N(Cc1ccc(F)cc1)Cc1cccn1Cc1ccc(C(F)(F)F)cc1. The smallest absolute Gasteiger partial charge is 0.346 e. The number of hydrogen-bond acceptors (Lipinski definition) is 1. The summed E-state index contributed by atoms with van der Waals surface area (Å²) in [6, 6.07) is 16.1. The van der Waals surface area contributed by atoms with Gasteiger partial charge in [-0.15, -0.1) is 0 Å². The molecule has 0 saturated heterocycles. The lowest BCUT2D eigenvalue weighted by Gasteiger charge is -2.32. The summed E-state index contributed by atoms with van der Waals surface area (Å²) in [6.07, 6.45) is -2.38. The number of halogens is 4. The van der Waals surface area contributed by atoms with Crippen molar-refractivity contribution in [3.8, 4) is 0 Å².